The van der Waals surface area contributed by atoms with Gasteiger partial charge >= 0.3 is 0 Å². The van der Waals surface area contributed by atoms with Gasteiger partial charge in [0.05, 0.1) is 16.2 Å². The fourth-order valence-electron chi connectivity index (χ4n) is 2.07. The SMILES string of the molecule is NC1(C(=O)Nc2cc(Cl)ccc2Cl)CCCC1. The van der Waals surface area contributed by atoms with Crippen LogP contribution in [0.1, 0.15) is 25.7 Å². The van der Waals surface area contributed by atoms with Gasteiger partial charge in [-0.3, -0.25) is 4.79 Å². The van der Waals surface area contributed by atoms with Crippen LogP contribution in [-0.2, 0) is 4.79 Å². The molecule has 92 valence electrons. The van der Waals surface area contributed by atoms with Crippen LogP contribution in [0.5, 0.6) is 0 Å². The first-order chi connectivity index (χ1) is 8.01. The maximum atomic E-state index is 12.1. The topological polar surface area (TPSA) is 55.1 Å². The van der Waals surface area contributed by atoms with Gasteiger partial charge in [-0.05, 0) is 31.0 Å². The molecule has 0 spiro atoms. The molecule has 1 saturated carbocycles. The van der Waals surface area contributed by atoms with Crippen molar-refractivity contribution in [2.45, 2.75) is 31.2 Å². The van der Waals surface area contributed by atoms with Crippen molar-refractivity contribution in [1.82, 2.24) is 0 Å². The Morgan fingerprint density at radius 3 is 2.59 bits per heavy atom. The van der Waals surface area contributed by atoms with Crippen molar-refractivity contribution in [3.8, 4) is 0 Å². The Labute approximate surface area is 110 Å². The van der Waals surface area contributed by atoms with Gasteiger partial charge in [0.25, 0.3) is 0 Å². The van der Waals surface area contributed by atoms with Crippen LogP contribution < -0.4 is 11.1 Å². The van der Waals surface area contributed by atoms with Crippen LogP contribution in [0.4, 0.5) is 5.69 Å². The summed E-state index contributed by atoms with van der Waals surface area (Å²) in [5.74, 6) is -0.181. The summed E-state index contributed by atoms with van der Waals surface area (Å²) >= 11 is 11.8. The molecule has 0 saturated heterocycles. The van der Waals surface area contributed by atoms with E-state index < -0.39 is 5.54 Å². The van der Waals surface area contributed by atoms with E-state index >= 15 is 0 Å². The van der Waals surface area contributed by atoms with Crippen LogP contribution >= 0.6 is 23.2 Å². The molecule has 1 fully saturated rings. The molecule has 1 amide bonds. The van der Waals surface area contributed by atoms with E-state index in [1.165, 1.54) is 0 Å². The van der Waals surface area contributed by atoms with Gasteiger partial charge in [0, 0.05) is 5.02 Å². The molecular weight excluding hydrogens is 259 g/mol. The molecule has 2 rings (SSSR count). The largest absolute Gasteiger partial charge is 0.323 e. The van der Waals surface area contributed by atoms with Crippen molar-refractivity contribution in [2.24, 2.45) is 5.73 Å². The smallest absolute Gasteiger partial charge is 0.244 e. The standard InChI is InChI=1S/C12H14Cl2N2O/c13-8-3-4-9(14)10(7-8)16-11(17)12(15)5-1-2-6-12/h3-4,7H,1-2,5-6,15H2,(H,16,17). The second-order valence-corrected chi connectivity index (χ2v) is 5.29. The van der Waals surface area contributed by atoms with Crippen molar-refractivity contribution in [3.05, 3.63) is 28.2 Å². The van der Waals surface area contributed by atoms with E-state index in [9.17, 15) is 4.79 Å². The van der Waals surface area contributed by atoms with Crippen LogP contribution in [0.3, 0.4) is 0 Å². The molecule has 17 heavy (non-hydrogen) atoms. The highest BCUT2D eigenvalue weighted by atomic mass is 35.5. The average molecular weight is 273 g/mol. The Hall–Kier alpha value is -0.770. The number of nitrogens with two attached hydrogens (primary N) is 1. The molecule has 0 aliphatic heterocycles. The zero-order valence-electron chi connectivity index (χ0n) is 9.30. The number of hydrogen-bond acceptors (Lipinski definition) is 2. The number of anilines is 1. The summed E-state index contributed by atoms with van der Waals surface area (Å²) in [4.78, 5) is 12.1. The Morgan fingerprint density at radius 2 is 1.94 bits per heavy atom. The molecule has 1 aliphatic rings. The van der Waals surface area contributed by atoms with Crippen molar-refractivity contribution in [3.63, 3.8) is 0 Å². The molecule has 0 aromatic heterocycles. The molecule has 3 N–H and O–H groups in total. The minimum absolute atomic E-state index is 0.181. The third kappa shape index (κ3) is 2.73. The number of nitrogens with one attached hydrogen (secondary N) is 1. The normalized spacial score (nSPS) is 18.1. The van der Waals surface area contributed by atoms with Gasteiger partial charge < -0.3 is 11.1 Å². The highest BCUT2D eigenvalue weighted by Crippen LogP contribution is 2.30. The second kappa shape index (κ2) is 4.84. The average Bonchev–Trinajstić information content (AvgIpc) is 2.72. The Kier molecular flexibility index (Phi) is 3.61. The van der Waals surface area contributed by atoms with Gasteiger partial charge in [-0.1, -0.05) is 36.0 Å². The molecule has 3 nitrogen and oxygen atoms in total. The summed E-state index contributed by atoms with van der Waals surface area (Å²) in [7, 11) is 0. The molecule has 5 heteroatoms. The maximum absolute atomic E-state index is 12.1. The lowest BCUT2D eigenvalue weighted by Crippen LogP contribution is -2.48. The number of carbonyl (C=O) groups is 1. The summed E-state index contributed by atoms with van der Waals surface area (Å²) < 4.78 is 0. The van der Waals surface area contributed by atoms with E-state index in [1.54, 1.807) is 18.2 Å². The maximum Gasteiger partial charge on any atom is 0.244 e. The number of amides is 1. The van der Waals surface area contributed by atoms with E-state index in [-0.39, 0.29) is 5.91 Å². The lowest BCUT2D eigenvalue weighted by atomic mass is 9.98. The fraction of sp³-hybridized carbons (Fsp3) is 0.417. The zero-order valence-corrected chi connectivity index (χ0v) is 10.8. The van der Waals surface area contributed by atoms with E-state index in [1.807, 2.05) is 0 Å². The highest BCUT2D eigenvalue weighted by Gasteiger charge is 2.37. The summed E-state index contributed by atoms with van der Waals surface area (Å²) in [6, 6.07) is 4.95. The van der Waals surface area contributed by atoms with Crippen molar-refractivity contribution < 1.29 is 4.79 Å². The number of rotatable bonds is 2. The Balaban J connectivity index is 2.15. The predicted molar refractivity (Wildman–Crippen MR) is 70.5 cm³/mol. The van der Waals surface area contributed by atoms with Crippen LogP contribution in [0.15, 0.2) is 18.2 Å². The minimum Gasteiger partial charge on any atom is -0.323 e. The molecule has 0 bridgehead atoms. The Morgan fingerprint density at radius 1 is 1.29 bits per heavy atom. The molecule has 0 heterocycles. The van der Waals surface area contributed by atoms with Gasteiger partial charge in [-0.25, -0.2) is 0 Å². The molecule has 1 aromatic carbocycles. The monoisotopic (exact) mass is 272 g/mol. The lowest BCUT2D eigenvalue weighted by Gasteiger charge is -2.22. The quantitative estimate of drug-likeness (QED) is 0.869. The van der Waals surface area contributed by atoms with Gasteiger partial charge in [0.2, 0.25) is 5.91 Å². The summed E-state index contributed by atoms with van der Waals surface area (Å²) in [5, 5.41) is 3.75. The van der Waals surface area contributed by atoms with Crippen LogP contribution in [0.2, 0.25) is 10.0 Å². The van der Waals surface area contributed by atoms with Crippen molar-refractivity contribution in [2.75, 3.05) is 5.32 Å². The van der Waals surface area contributed by atoms with E-state index in [2.05, 4.69) is 5.32 Å². The third-order valence-corrected chi connectivity index (χ3v) is 3.69. The number of halogens is 2. The van der Waals surface area contributed by atoms with Crippen LogP contribution in [0.25, 0.3) is 0 Å². The van der Waals surface area contributed by atoms with Crippen LogP contribution in [-0.4, -0.2) is 11.4 Å². The first-order valence-electron chi connectivity index (χ1n) is 5.57. The summed E-state index contributed by atoms with van der Waals surface area (Å²) in [6.07, 6.45) is 3.43. The van der Waals surface area contributed by atoms with Crippen molar-refractivity contribution in [1.29, 1.82) is 0 Å². The van der Waals surface area contributed by atoms with E-state index in [0.717, 1.165) is 25.7 Å². The van der Waals surface area contributed by atoms with Gasteiger partial charge in [0.15, 0.2) is 0 Å². The molecule has 0 atom stereocenters. The van der Waals surface area contributed by atoms with Crippen molar-refractivity contribution >= 4 is 34.8 Å². The van der Waals surface area contributed by atoms with Gasteiger partial charge in [0.1, 0.15) is 0 Å². The fourth-order valence-corrected chi connectivity index (χ4v) is 2.41. The predicted octanol–water partition coefficient (Wildman–Crippen LogP) is 3.20. The second-order valence-electron chi connectivity index (χ2n) is 4.44. The molecule has 0 unspecified atom stereocenters. The lowest BCUT2D eigenvalue weighted by molar-refractivity contribution is -0.121. The summed E-state index contributed by atoms with van der Waals surface area (Å²) in [6.45, 7) is 0. The zero-order chi connectivity index (χ0) is 12.5. The van der Waals surface area contributed by atoms with E-state index in [4.69, 9.17) is 28.9 Å². The van der Waals surface area contributed by atoms with Gasteiger partial charge in [-0.15, -0.1) is 0 Å². The first kappa shape index (κ1) is 12.7. The highest BCUT2D eigenvalue weighted by molar-refractivity contribution is 6.35. The third-order valence-electron chi connectivity index (χ3n) is 3.12. The summed E-state index contributed by atoms with van der Waals surface area (Å²) in [5.41, 5.74) is 5.81. The molecular formula is C12H14Cl2N2O. The molecule has 0 radical (unpaired) electrons. The van der Waals surface area contributed by atoms with Gasteiger partial charge in [-0.2, -0.15) is 0 Å². The molecule has 1 aromatic rings. The number of benzene rings is 1. The number of hydrogen-bond donors (Lipinski definition) is 2. The van der Waals surface area contributed by atoms with Crippen LogP contribution in [0, 0.1) is 0 Å². The van der Waals surface area contributed by atoms with E-state index in [0.29, 0.717) is 15.7 Å². The molecule has 1 aliphatic carbocycles. The Bertz CT molecular complexity index is 442. The first-order valence-corrected chi connectivity index (χ1v) is 6.32. The minimum atomic E-state index is -0.758. The number of carbonyl (C=O) groups excluding carboxylic acids is 1.